The quantitative estimate of drug-likeness (QED) is 0.406. The summed E-state index contributed by atoms with van der Waals surface area (Å²) in [6.07, 6.45) is 5.56. The third-order valence-corrected chi connectivity index (χ3v) is 7.49. The van der Waals surface area contributed by atoms with Crippen LogP contribution in [0.15, 0.2) is 66.7 Å². The number of halogens is 1. The van der Waals surface area contributed by atoms with E-state index in [1.165, 1.54) is 11.3 Å². The highest BCUT2D eigenvalue weighted by Gasteiger charge is 2.23. The van der Waals surface area contributed by atoms with E-state index in [-0.39, 0.29) is 5.92 Å². The van der Waals surface area contributed by atoms with E-state index in [0.29, 0.717) is 10.6 Å². The Hall–Kier alpha value is -3.37. The van der Waals surface area contributed by atoms with Crippen LogP contribution in [0.5, 0.6) is 0 Å². The van der Waals surface area contributed by atoms with Gasteiger partial charge in [-0.3, -0.25) is 0 Å². The van der Waals surface area contributed by atoms with Crippen LogP contribution in [-0.2, 0) is 11.2 Å². The minimum Gasteiger partial charge on any atom is -0.478 e. The molecule has 3 aromatic rings. The number of carbonyl (C=O) groups excluding carboxylic acids is 1. The Morgan fingerprint density at radius 2 is 1.60 bits per heavy atom. The van der Waals surface area contributed by atoms with Crippen molar-refractivity contribution < 1.29 is 14.7 Å². The first-order chi connectivity index (χ1) is 17.0. The van der Waals surface area contributed by atoms with Gasteiger partial charge in [-0.15, -0.1) is 0 Å². The molecule has 0 saturated carbocycles. The van der Waals surface area contributed by atoms with Crippen LogP contribution in [0.25, 0.3) is 11.1 Å². The molecule has 0 spiro atoms. The monoisotopic (exact) mass is 485 g/mol. The number of hydrogen-bond acceptors (Lipinski definition) is 3. The molecule has 5 heteroatoms. The summed E-state index contributed by atoms with van der Waals surface area (Å²) in [7, 11) is 0. The van der Waals surface area contributed by atoms with E-state index in [1.807, 2.05) is 24.3 Å². The van der Waals surface area contributed by atoms with Crippen LogP contribution in [0.3, 0.4) is 0 Å². The Morgan fingerprint density at radius 3 is 2.26 bits per heavy atom. The lowest BCUT2D eigenvalue weighted by Crippen LogP contribution is -2.34. The van der Waals surface area contributed by atoms with E-state index in [9.17, 15) is 14.7 Å². The zero-order valence-electron chi connectivity index (χ0n) is 19.5. The van der Waals surface area contributed by atoms with Crippen LogP contribution in [0.2, 0.25) is 5.02 Å². The topological polar surface area (TPSA) is 57.6 Å². The number of carboxylic acid groups (broad SMARTS) is 1. The first-order valence-electron chi connectivity index (χ1n) is 12.2. The molecule has 0 bridgehead atoms. The normalized spacial score (nSPS) is 16.5. The summed E-state index contributed by atoms with van der Waals surface area (Å²) >= 11 is 6.18. The number of carbonyl (C=O) groups is 2. The van der Waals surface area contributed by atoms with Gasteiger partial charge in [-0.2, -0.15) is 0 Å². The van der Waals surface area contributed by atoms with Crippen molar-refractivity contribution in [2.24, 2.45) is 5.92 Å². The molecule has 178 valence electrons. The molecule has 0 aromatic heterocycles. The summed E-state index contributed by atoms with van der Waals surface area (Å²) in [6, 6.07) is 22.2. The number of aromatic carboxylic acids is 1. The number of carboxylic acids is 1. The van der Waals surface area contributed by atoms with Gasteiger partial charge in [0.25, 0.3) is 0 Å². The highest BCUT2D eigenvalue weighted by Crippen LogP contribution is 2.41. The lowest BCUT2D eigenvalue weighted by Gasteiger charge is -2.31. The molecule has 3 aromatic carbocycles. The molecule has 1 saturated heterocycles. The van der Waals surface area contributed by atoms with Crippen molar-refractivity contribution in [2.75, 3.05) is 18.0 Å². The van der Waals surface area contributed by atoms with E-state index < -0.39 is 5.97 Å². The fourth-order valence-corrected chi connectivity index (χ4v) is 5.45. The molecule has 5 rings (SSSR count). The van der Waals surface area contributed by atoms with Gasteiger partial charge in [-0.05, 0) is 102 Å². The number of anilines is 1. The average Bonchev–Trinajstić information content (AvgIpc) is 3.08. The van der Waals surface area contributed by atoms with Crippen LogP contribution < -0.4 is 4.90 Å². The van der Waals surface area contributed by atoms with Gasteiger partial charge in [0.1, 0.15) is 6.29 Å². The molecule has 1 heterocycles. The van der Waals surface area contributed by atoms with Crippen molar-refractivity contribution in [2.45, 2.75) is 32.1 Å². The lowest BCUT2D eigenvalue weighted by molar-refractivity contribution is -0.111. The molecule has 1 aliphatic heterocycles. The second-order valence-electron chi connectivity index (χ2n) is 9.40. The van der Waals surface area contributed by atoms with Crippen LogP contribution in [-0.4, -0.2) is 30.5 Å². The van der Waals surface area contributed by atoms with Crippen molar-refractivity contribution in [3.63, 3.8) is 0 Å². The molecule has 35 heavy (non-hydrogen) atoms. The van der Waals surface area contributed by atoms with Gasteiger partial charge in [0.15, 0.2) is 0 Å². The van der Waals surface area contributed by atoms with E-state index >= 15 is 0 Å². The number of aryl methyl sites for hydroxylation is 1. The molecule has 2 aliphatic rings. The van der Waals surface area contributed by atoms with Crippen molar-refractivity contribution in [3.05, 3.63) is 99.6 Å². The number of fused-ring (bicyclic) bond motifs is 1. The van der Waals surface area contributed by atoms with E-state index in [2.05, 4.69) is 41.3 Å². The third kappa shape index (κ3) is 4.89. The zero-order valence-corrected chi connectivity index (χ0v) is 20.3. The Labute approximate surface area is 210 Å². The molecular formula is C30H28ClNO3. The number of nitrogens with zero attached hydrogens (tertiary/aromatic N) is 1. The molecule has 0 atom stereocenters. The van der Waals surface area contributed by atoms with Crippen molar-refractivity contribution in [1.29, 1.82) is 0 Å². The van der Waals surface area contributed by atoms with Crippen molar-refractivity contribution in [3.8, 4) is 0 Å². The lowest BCUT2D eigenvalue weighted by atomic mass is 9.87. The molecular weight excluding hydrogens is 458 g/mol. The van der Waals surface area contributed by atoms with Crippen molar-refractivity contribution in [1.82, 2.24) is 0 Å². The van der Waals surface area contributed by atoms with Crippen LogP contribution in [0.1, 0.15) is 58.3 Å². The van der Waals surface area contributed by atoms with Crippen LogP contribution >= 0.6 is 11.6 Å². The molecule has 1 aliphatic carbocycles. The Kier molecular flexibility index (Phi) is 6.74. The Morgan fingerprint density at radius 1 is 0.914 bits per heavy atom. The van der Waals surface area contributed by atoms with Gasteiger partial charge in [-0.1, -0.05) is 41.9 Å². The fraction of sp³-hybridized carbons (Fsp3) is 0.267. The maximum Gasteiger partial charge on any atom is 0.335 e. The summed E-state index contributed by atoms with van der Waals surface area (Å²) < 4.78 is 0. The maximum atomic E-state index is 11.6. The number of allylic oxidation sites excluding steroid dienone is 1. The molecule has 0 amide bonds. The van der Waals surface area contributed by atoms with E-state index in [0.717, 1.165) is 79.3 Å². The van der Waals surface area contributed by atoms with Gasteiger partial charge < -0.3 is 14.8 Å². The van der Waals surface area contributed by atoms with E-state index in [4.69, 9.17) is 11.6 Å². The average molecular weight is 486 g/mol. The predicted molar refractivity (Wildman–Crippen MR) is 141 cm³/mol. The number of aldehydes is 1. The summed E-state index contributed by atoms with van der Waals surface area (Å²) in [4.78, 5) is 25.1. The number of hydrogen-bond donors (Lipinski definition) is 1. The highest BCUT2D eigenvalue weighted by molar-refractivity contribution is 6.30. The van der Waals surface area contributed by atoms with E-state index in [1.54, 1.807) is 6.07 Å². The summed E-state index contributed by atoms with van der Waals surface area (Å²) in [5, 5.41) is 10.2. The standard InChI is InChI=1S/C30H28ClNO3/c31-25-9-4-21(5-10-25)27-3-1-2-23-18-24(30(34)35)8-13-28(23)29(27)22-6-11-26(12-7-22)32-16-14-20(19-33)15-17-32/h4-13,18-20H,1-3,14-17H2,(H,34,35). The number of benzene rings is 3. The molecule has 4 nitrogen and oxygen atoms in total. The first-order valence-corrected chi connectivity index (χ1v) is 12.6. The molecule has 1 fully saturated rings. The van der Waals surface area contributed by atoms with Gasteiger partial charge >= 0.3 is 5.97 Å². The molecule has 1 N–H and O–H groups in total. The summed E-state index contributed by atoms with van der Waals surface area (Å²) in [6.45, 7) is 1.78. The minimum atomic E-state index is -0.900. The fourth-order valence-electron chi connectivity index (χ4n) is 5.32. The maximum absolute atomic E-state index is 11.6. The van der Waals surface area contributed by atoms with Gasteiger partial charge in [-0.25, -0.2) is 4.79 Å². The Bertz CT molecular complexity index is 1270. The zero-order chi connectivity index (χ0) is 24.4. The second-order valence-corrected chi connectivity index (χ2v) is 9.83. The molecule has 0 unspecified atom stereocenters. The predicted octanol–water partition coefficient (Wildman–Crippen LogP) is 6.75. The smallest absolute Gasteiger partial charge is 0.335 e. The highest BCUT2D eigenvalue weighted by atomic mass is 35.5. The first kappa shape index (κ1) is 23.4. The SMILES string of the molecule is O=CC1CCN(c2ccc(C3=C(c4ccc(Cl)cc4)CCCc4cc(C(=O)O)ccc43)cc2)CC1. The van der Waals surface area contributed by atoms with Gasteiger partial charge in [0.05, 0.1) is 5.56 Å². The molecule has 0 radical (unpaired) electrons. The minimum absolute atomic E-state index is 0.177. The van der Waals surface area contributed by atoms with Gasteiger partial charge in [0.2, 0.25) is 0 Å². The summed E-state index contributed by atoms with van der Waals surface area (Å²) in [5.74, 6) is -0.723. The number of rotatable bonds is 5. The number of piperidine rings is 1. The Balaban J connectivity index is 1.59. The van der Waals surface area contributed by atoms with Crippen LogP contribution in [0.4, 0.5) is 5.69 Å². The second kappa shape index (κ2) is 10.1. The largest absolute Gasteiger partial charge is 0.478 e. The van der Waals surface area contributed by atoms with Gasteiger partial charge in [0, 0.05) is 29.7 Å². The third-order valence-electron chi connectivity index (χ3n) is 7.24. The van der Waals surface area contributed by atoms with Crippen LogP contribution in [0, 0.1) is 5.92 Å². The summed E-state index contributed by atoms with van der Waals surface area (Å²) in [5.41, 5.74) is 8.33. The van der Waals surface area contributed by atoms with Crippen molar-refractivity contribution >= 4 is 40.7 Å².